The van der Waals surface area contributed by atoms with E-state index in [0.717, 1.165) is 44.1 Å². The van der Waals surface area contributed by atoms with Crippen molar-refractivity contribution >= 4 is 50.6 Å². The Labute approximate surface area is 173 Å². The summed E-state index contributed by atoms with van der Waals surface area (Å²) in [5.74, 6) is 0. The topological polar surface area (TPSA) is 38.9 Å². The van der Waals surface area contributed by atoms with Gasteiger partial charge in [-0.1, -0.05) is 72.3 Å². The predicted octanol–water partition coefficient (Wildman–Crippen LogP) is 7.44. The monoisotopic (exact) mass is 396 g/mol. The van der Waals surface area contributed by atoms with E-state index in [4.69, 9.17) is 26.0 Å². The van der Waals surface area contributed by atoms with Crippen LogP contribution in [0.15, 0.2) is 83.4 Å². The molecular weight excluding hydrogens is 380 g/mol. The van der Waals surface area contributed by atoms with Gasteiger partial charge in [-0.05, 0) is 35.9 Å². The van der Waals surface area contributed by atoms with E-state index in [1.165, 1.54) is 0 Å². The molecule has 0 fully saturated rings. The van der Waals surface area contributed by atoms with Gasteiger partial charge in [0.15, 0.2) is 0 Å². The van der Waals surface area contributed by atoms with Crippen LogP contribution in [0.5, 0.6) is 0 Å². The molecule has 0 aliphatic rings. The number of rotatable bonds is 3. The molecule has 29 heavy (non-hydrogen) atoms. The first kappa shape index (κ1) is 17.7. The predicted molar refractivity (Wildman–Crippen MR) is 121 cm³/mol. The minimum absolute atomic E-state index is 0.523. The molecule has 140 valence electrons. The Kier molecular flexibility index (Phi) is 4.38. The molecule has 2 aromatic heterocycles. The standard InChI is InChI=1S/C25H17ClN2O/c1-2-3-4-9-18-13-16-8-5-6-12-20(16)22-23-25(29-24(18)22)28-21(15-27-23)17-10-7-11-19(26)14-17/h2-15H,1H3/b3-2-,9-4-. The van der Waals surface area contributed by atoms with E-state index in [9.17, 15) is 0 Å². The number of fused-ring (bicyclic) bond motifs is 5. The first-order valence-corrected chi connectivity index (χ1v) is 9.78. The smallest absolute Gasteiger partial charge is 0.246 e. The largest absolute Gasteiger partial charge is 0.436 e. The normalized spacial score (nSPS) is 12.2. The average Bonchev–Trinajstić information content (AvgIpc) is 3.13. The van der Waals surface area contributed by atoms with Crippen LogP contribution in [0.3, 0.4) is 0 Å². The van der Waals surface area contributed by atoms with Gasteiger partial charge in [-0.15, -0.1) is 0 Å². The number of nitrogens with zero attached hydrogens (tertiary/aromatic N) is 2. The van der Waals surface area contributed by atoms with Gasteiger partial charge in [0.1, 0.15) is 11.1 Å². The maximum Gasteiger partial charge on any atom is 0.246 e. The summed E-state index contributed by atoms with van der Waals surface area (Å²) in [5, 5.41) is 3.90. The summed E-state index contributed by atoms with van der Waals surface area (Å²) in [6, 6.07) is 18.0. The van der Waals surface area contributed by atoms with Crippen molar-refractivity contribution in [2.45, 2.75) is 6.92 Å². The maximum atomic E-state index is 6.23. The van der Waals surface area contributed by atoms with Crippen molar-refractivity contribution < 1.29 is 4.42 Å². The summed E-state index contributed by atoms with van der Waals surface area (Å²) in [6.45, 7) is 1.99. The van der Waals surface area contributed by atoms with Crippen molar-refractivity contribution in [1.82, 2.24) is 9.97 Å². The molecule has 0 radical (unpaired) electrons. The minimum atomic E-state index is 0.523. The molecule has 0 bridgehead atoms. The molecule has 3 aromatic carbocycles. The zero-order valence-electron chi connectivity index (χ0n) is 15.8. The van der Waals surface area contributed by atoms with Crippen LogP contribution in [0.1, 0.15) is 12.5 Å². The molecule has 0 saturated carbocycles. The van der Waals surface area contributed by atoms with Crippen LogP contribution in [0, 0.1) is 0 Å². The van der Waals surface area contributed by atoms with Gasteiger partial charge in [-0.25, -0.2) is 9.97 Å². The van der Waals surface area contributed by atoms with Crippen molar-refractivity contribution in [3.63, 3.8) is 0 Å². The second-order valence-electron chi connectivity index (χ2n) is 6.80. The average molecular weight is 397 g/mol. The van der Waals surface area contributed by atoms with Crippen molar-refractivity contribution in [1.29, 1.82) is 0 Å². The summed E-state index contributed by atoms with van der Waals surface area (Å²) in [4.78, 5) is 9.47. The van der Waals surface area contributed by atoms with Gasteiger partial charge in [-0.2, -0.15) is 0 Å². The van der Waals surface area contributed by atoms with Crippen molar-refractivity contribution in [2.24, 2.45) is 0 Å². The molecule has 5 rings (SSSR count). The van der Waals surface area contributed by atoms with Gasteiger partial charge >= 0.3 is 0 Å². The Hall–Kier alpha value is -3.43. The van der Waals surface area contributed by atoms with Crippen LogP contribution < -0.4 is 0 Å². The molecule has 0 unspecified atom stereocenters. The Bertz CT molecular complexity index is 1430. The molecule has 5 aromatic rings. The molecule has 0 atom stereocenters. The maximum absolute atomic E-state index is 6.23. The second-order valence-corrected chi connectivity index (χ2v) is 7.23. The highest BCUT2D eigenvalue weighted by atomic mass is 35.5. The Morgan fingerprint density at radius 3 is 2.76 bits per heavy atom. The molecule has 2 heterocycles. The van der Waals surface area contributed by atoms with Gasteiger partial charge in [0.05, 0.1) is 17.3 Å². The Morgan fingerprint density at radius 2 is 1.90 bits per heavy atom. The van der Waals surface area contributed by atoms with Gasteiger partial charge in [-0.3, -0.25) is 0 Å². The molecule has 0 N–H and O–H groups in total. The number of benzene rings is 3. The first-order valence-electron chi connectivity index (χ1n) is 9.41. The van der Waals surface area contributed by atoms with Gasteiger partial charge < -0.3 is 4.42 Å². The lowest BCUT2D eigenvalue weighted by Crippen LogP contribution is -1.86. The van der Waals surface area contributed by atoms with Gasteiger partial charge in [0, 0.05) is 16.1 Å². The molecule has 4 heteroatoms. The number of hydrogen-bond donors (Lipinski definition) is 0. The van der Waals surface area contributed by atoms with Gasteiger partial charge in [0.25, 0.3) is 0 Å². The Morgan fingerprint density at radius 1 is 1.00 bits per heavy atom. The van der Waals surface area contributed by atoms with E-state index in [-0.39, 0.29) is 0 Å². The van der Waals surface area contributed by atoms with Crippen LogP contribution in [0.2, 0.25) is 5.02 Å². The number of allylic oxidation sites excluding steroid dienone is 3. The van der Waals surface area contributed by atoms with E-state index < -0.39 is 0 Å². The van der Waals surface area contributed by atoms with Crippen molar-refractivity contribution in [3.8, 4) is 11.3 Å². The SMILES string of the molecule is C/C=C\C=C/c1cc2ccccc2c2c1oc1nc(-c3cccc(Cl)c3)cnc12. The molecular formula is C25H17ClN2O. The summed E-state index contributed by atoms with van der Waals surface area (Å²) in [7, 11) is 0. The third-order valence-electron chi connectivity index (χ3n) is 4.91. The first-order chi connectivity index (χ1) is 14.2. The fourth-order valence-electron chi connectivity index (χ4n) is 3.59. The third kappa shape index (κ3) is 3.10. The number of halogens is 1. The van der Waals surface area contributed by atoms with Crippen LogP contribution >= 0.6 is 11.6 Å². The lowest BCUT2D eigenvalue weighted by atomic mass is 10.0. The highest BCUT2D eigenvalue weighted by molar-refractivity contribution is 6.30. The zero-order chi connectivity index (χ0) is 19.8. The van der Waals surface area contributed by atoms with E-state index in [1.807, 2.05) is 61.5 Å². The molecule has 0 aliphatic carbocycles. The quantitative estimate of drug-likeness (QED) is 0.297. The fraction of sp³-hybridized carbons (Fsp3) is 0.0400. The fourth-order valence-corrected chi connectivity index (χ4v) is 3.78. The van der Waals surface area contributed by atoms with Gasteiger partial charge in [0.2, 0.25) is 5.71 Å². The second kappa shape index (κ2) is 7.19. The summed E-state index contributed by atoms with van der Waals surface area (Å²) in [6.07, 6.45) is 9.83. The Balaban J connectivity index is 1.82. The molecule has 0 amide bonds. The van der Waals surface area contributed by atoms with Crippen LogP contribution in [0.25, 0.3) is 50.3 Å². The lowest BCUT2D eigenvalue weighted by molar-refractivity contribution is 0.653. The van der Waals surface area contributed by atoms with E-state index in [2.05, 4.69) is 24.3 Å². The summed E-state index contributed by atoms with van der Waals surface area (Å²) >= 11 is 6.14. The highest BCUT2D eigenvalue weighted by Gasteiger charge is 2.16. The number of furan rings is 1. The van der Waals surface area contributed by atoms with Crippen LogP contribution in [0.4, 0.5) is 0 Å². The third-order valence-corrected chi connectivity index (χ3v) is 5.14. The molecule has 0 saturated heterocycles. The number of hydrogen-bond acceptors (Lipinski definition) is 3. The van der Waals surface area contributed by atoms with Crippen molar-refractivity contribution in [2.75, 3.05) is 0 Å². The van der Waals surface area contributed by atoms with E-state index in [1.54, 1.807) is 6.20 Å². The summed E-state index contributed by atoms with van der Waals surface area (Å²) in [5.41, 5.74) is 4.72. The lowest BCUT2D eigenvalue weighted by Gasteiger charge is -2.02. The number of aromatic nitrogens is 2. The highest BCUT2D eigenvalue weighted by Crippen LogP contribution is 2.36. The molecule has 3 nitrogen and oxygen atoms in total. The minimum Gasteiger partial charge on any atom is -0.436 e. The van der Waals surface area contributed by atoms with Crippen molar-refractivity contribution in [3.05, 3.63) is 89.6 Å². The van der Waals surface area contributed by atoms with Crippen LogP contribution in [-0.4, -0.2) is 9.97 Å². The zero-order valence-corrected chi connectivity index (χ0v) is 16.5. The molecule has 0 spiro atoms. The van der Waals surface area contributed by atoms with E-state index >= 15 is 0 Å². The van der Waals surface area contributed by atoms with E-state index in [0.29, 0.717) is 10.7 Å². The molecule has 0 aliphatic heterocycles. The van der Waals surface area contributed by atoms with Crippen LogP contribution in [-0.2, 0) is 0 Å². The summed E-state index contributed by atoms with van der Waals surface area (Å²) < 4.78 is 6.23.